The molecule has 0 radical (unpaired) electrons. The third-order valence-corrected chi connectivity index (χ3v) is 6.63. The van der Waals surface area contributed by atoms with Gasteiger partial charge in [0.15, 0.2) is 5.65 Å². The molecule has 2 aromatic carbocycles. The fourth-order valence-corrected chi connectivity index (χ4v) is 4.72. The van der Waals surface area contributed by atoms with Crippen LogP contribution in [-0.2, 0) is 11.2 Å². The van der Waals surface area contributed by atoms with Gasteiger partial charge in [0.2, 0.25) is 5.91 Å². The smallest absolute Gasteiger partial charge is 0.223 e. The molecule has 34 heavy (non-hydrogen) atoms. The van der Waals surface area contributed by atoms with Gasteiger partial charge in [0.05, 0.1) is 5.69 Å². The zero-order chi connectivity index (χ0) is 23.7. The Kier molecular flexibility index (Phi) is 6.01. The summed E-state index contributed by atoms with van der Waals surface area (Å²) in [6.45, 7) is 7.13. The van der Waals surface area contributed by atoms with Crippen LogP contribution in [0.25, 0.3) is 16.9 Å². The predicted molar refractivity (Wildman–Crippen MR) is 131 cm³/mol. The first-order chi connectivity index (χ1) is 16.5. The summed E-state index contributed by atoms with van der Waals surface area (Å²) >= 11 is 0. The number of aromatic nitrogens is 3. The maximum Gasteiger partial charge on any atom is 0.223 e. The maximum atomic E-state index is 13.7. The van der Waals surface area contributed by atoms with Crippen molar-refractivity contribution >= 4 is 17.2 Å². The molecule has 0 spiro atoms. The Hall–Kier alpha value is -3.74. The van der Waals surface area contributed by atoms with E-state index < -0.39 is 0 Å². The lowest BCUT2D eigenvalue weighted by Crippen LogP contribution is -2.48. The van der Waals surface area contributed by atoms with Crippen molar-refractivity contribution in [3.63, 3.8) is 0 Å². The van der Waals surface area contributed by atoms with Gasteiger partial charge in [0.25, 0.3) is 0 Å². The third-order valence-electron chi connectivity index (χ3n) is 6.63. The Morgan fingerprint density at radius 3 is 2.47 bits per heavy atom. The van der Waals surface area contributed by atoms with E-state index in [4.69, 9.17) is 4.98 Å². The second kappa shape index (κ2) is 9.25. The van der Waals surface area contributed by atoms with E-state index >= 15 is 0 Å². The fourth-order valence-electron chi connectivity index (χ4n) is 4.72. The molecule has 5 rings (SSSR count). The average Bonchev–Trinajstić information content (AvgIpc) is 3.29. The van der Waals surface area contributed by atoms with Crippen LogP contribution in [0.1, 0.15) is 23.4 Å². The van der Waals surface area contributed by atoms with Crippen molar-refractivity contribution in [2.24, 2.45) is 0 Å². The second-order valence-corrected chi connectivity index (χ2v) is 8.77. The molecular formula is C27H28FN5O. The summed E-state index contributed by atoms with van der Waals surface area (Å²) in [5.74, 6) is -0.119. The van der Waals surface area contributed by atoms with Gasteiger partial charge in [0.1, 0.15) is 5.82 Å². The zero-order valence-corrected chi connectivity index (χ0v) is 19.5. The number of anilines is 1. The van der Waals surface area contributed by atoms with E-state index in [1.807, 2.05) is 49.1 Å². The van der Waals surface area contributed by atoms with Crippen LogP contribution in [0.4, 0.5) is 10.1 Å². The predicted octanol–water partition coefficient (Wildman–Crippen LogP) is 4.43. The largest absolute Gasteiger partial charge is 0.368 e. The monoisotopic (exact) mass is 457 g/mol. The first-order valence-electron chi connectivity index (χ1n) is 11.7. The van der Waals surface area contributed by atoms with Gasteiger partial charge < -0.3 is 9.80 Å². The first kappa shape index (κ1) is 22.1. The lowest BCUT2D eigenvalue weighted by Gasteiger charge is -2.36. The Bertz CT molecular complexity index is 1330. The number of halogens is 1. The maximum absolute atomic E-state index is 13.7. The van der Waals surface area contributed by atoms with Gasteiger partial charge in [-0.15, -0.1) is 0 Å². The Morgan fingerprint density at radius 1 is 0.971 bits per heavy atom. The van der Waals surface area contributed by atoms with Crippen LogP contribution < -0.4 is 4.90 Å². The van der Waals surface area contributed by atoms with Crippen LogP contribution in [0.3, 0.4) is 0 Å². The minimum Gasteiger partial charge on any atom is -0.368 e. The first-order valence-corrected chi connectivity index (χ1v) is 11.7. The molecule has 4 aromatic rings. The van der Waals surface area contributed by atoms with E-state index in [2.05, 4.69) is 22.1 Å². The van der Waals surface area contributed by atoms with Crippen LogP contribution in [0, 0.1) is 19.7 Å². The molecule has 2 aromatic heterocycles. The number of piperazine rings is 1. The standard InChI is InChI=1S/C27H28FN5O/c1-19-24(11-12-27(34)32-15-13-31(14-16-32)23-9-4-3-5-10-23)20(2)33-26(29-19)18-25(30-33)21-7-6-8-22(28)17-21/h3-10,17-18H,11-16H2,1-2H3. The molecule has 3 heterocycles. The van der Waals surface area contributed by atoms with Crippen LogP contribution in [-0.4, -0.2) is 51.6 Å². The molecule has 1 aliphatic rings. The van der Waals surface area contributed by atoms with E-state index in [1.54, 1.807) is 10.6 Å². The minimum atomic E-state index is -0.292. The number of carbonyl (C=O) groups excluding carboxylic acids is 1. The van der Waals surface area contributed by atoms with E-state index in [-0.39, 0.29) is 11.7 Å². The normalized spacial score (nSPS) is 14.1. The molecule has 1 fully saturated rings. The lowest BCUT2D eigenvalue weighted by molar-refractivity contribution is -0.131. The summed E-state index contributed by atoms with van der Waals surface area (Å²) in [4.78, 5) is 22.0. The third kappa shape index (κ3) is 4.38. The number of nitrogens with zero attached hydrogens (tertiary/aromatic N) is 5. The highest BCUT2D eigenvalue weighted by Crippen LogP contribution is 2.24. The van der Waals surface area contributed by atoms with E-state index in [1.165, 1.54) is 17.8 Å². The summed E-state index contributed by atoms with van der Waals surface area (Å²) in [6.07, 6.45) is 1.06. The SMILES string of the molecule is Cc1nc2cc(-c3cccc(F)c3)nn2c(C)c1CCC(=O)N1CCN(c2ccccc2)CC1. The molecule has 0 N–H and O–H groups in total. The zero-order valence-electron chi connectivity index (χ0n) is 19.5. The topological polar surface area (TPSA) is 53.7 Å². The summed E-state index contributed by atoms with van der Waals surface area (Å²) in [6, 6.07) is 18.6. The number of carbonyl (C=O) groups is 1. The second-order valence-electron chi connectivity index (χ2n) is 8.77. The molecule has 0 aliphatic carbocycles. The number of hydrogen-bond acceptors (Lipinski definition) is 4. The molecule has 1 aliphatic heterocycles. The van der Waals surface area contributed by atoms with E-state index in [0.29, 0.717) is 24.1 Å². The molecular weight excluding hydrogens is 429 g/mol. The molecule has 0 bridgehead atoms. The van der Waals surface area contributed by atoms with Gasteiger partial charge in [-0.3, -0.25) is 4.79 Å². The van der Waals surface area contributed by atoms with Crippen LogP contribution in [0.2, 0.25) is 0 Å². The van der Waals surface area contributed by atoms with Crippen molar-refractivity contribution < 1.29 is 9.18 Å². The Labute approximate surface area is 198 Å². The van der Waals surface area contributed by atoms with Gasteiger partial charge in [0, 0.05) is 61.3 Å². The van der Waals surface area contributed by atoms with Crippen molar-refractivity contribution in [3.05, 3.63) is 83.4 Å². The fraction of sp³-hybridized carbons (Fsp3) is 0.296. The highest BCUT2D eigenvalue weighted by atomic mass is 19.1. The van der Waals surface area contributed by atoms with Gasteiger partial charge in [-0.1, -0.05) is 30.3 Å². The van der Waals surface area contributed by atoms with Crippen LogP contribution >= 0.6 is 0 Å². The van der Waals surface area contributed by atoms with E-state index in [0.717, 1.165) is 48.8 Å². The Morgan fingerprint density at radius 2 is 1.74 bits per heavy atom. The summed E-state index contributed by atoms with van der Waals surface area (Å²) in [7, 11) is 0. The quantitative estimate of drug-likeness (QED) is 0.445. The van der Waals surface area contributed by atoms with E-state index in [9.17, 15) is 9.18 Å². The Balaban J connectivity index is 1.27. The van der Waals surface area contributed by atoms with Crippen molar-refractivity contribution in [3.8, 4) is 11.3 Å². The molecule has 6 nitrogen and oxygen atoms in total. The summed E-state index contributed by atoms with van der Waals surface area (Å²) < 4.78 is 15.5. The summed E-state index contributed by atoms with van der Waals surface area (Å²) in [5.41, 5.74) is 6.23. The van der Waals surface area contributed by atoms with Gasteiger partial charge in [-0.25, -0.2) is 13.9 Å². The van der Waals surface area contributed by atoms with Crippen molar-refractivity contribution in [1.29, 1.82) is 0 Å². The molecule has 7 heteroatoms. The lowest BCUT2D eigenvalue weighted by atomic mass is 10.1. The van der Waals surface area contributed by atoms with Crippen LogP contribution in [0.15, 0.2) is 60.7 Å². The molecule has 0 unspecified atom stereocenters. The minimum absolute atomic E-state index is 0.174. The molecule has 174 valence electrons. The number of amides is 1. The number of para-hydroxylation sites is 1. The van der Waals surface area contributed by atoms with Crippen molar-refractivity contribution in [2.45, 2.75) is 26.7 Å². The summed E-state index contributed by atoms with van der Waals surface area (Å²) in [5, 5.41) is 4.67. The van der Waals surface area contributed by atoms with Gasteiger partial charge in [-0.2, -0.15) is 5.10 Å². The molecule has 1 saturated heterocycles. The number of hydrogen-bond donors (Lipinski definition) is 0. The average molecular weight is 458 g/mol. The van der Waals surface area contributed by atoms with Crippen molar-refractivity contribution in [1.82, 2.24) is 19.5 Å². The molecule has 0 saturated carbocycles. The molecule has 1 amide bonds. The molecule has 0 atom stereocenters. The highest BCUT2D eigenvalue weighted by Gasteiger charge is 2.22. The van der Waals surface area contributed by atoms with Gasteiger partial charge >= 0.3 is 0 Å². The van der Waals surface area contributed by atoms with Crippen molar-refractivity contribution in [2.75, 3.05) is 31.1 Å². The van der Waals surface area contributed by atoms with Gasteiger partial charge in [-0.05, 0) is 50.1 Å². The number of rotatable bonds is 5. The highest BCUT2D eigenvalue weighted by molar-refractivity contribution is 5.77. The number of aryl methyl sites for hydroxylation is 2. The number of fused-ring (bicyclic) bond motifs is 1. The number of benzene rings is 2. The van der Waals surface area contributed by atoms with Crippen LogP contribution in [0.5, 0.6) is 0 Å².